The van der Waals surface area contributed by atoms with Crippen molar-refractivity contribution in [2.75, 3.05) is 37.0 Å². The molecule has 0 radical (unpaired) electrons. The normalized spacial score (nSPS) is 11.2. The molecule has 5 heteroatoms. The fourth-order valence-electron chi connectivity index (χ4n) is 2.47. The van der Waals surface area contributed by atoms with Gasteiger partial charge in [-0.25, -0.2) is 0 Å². The lowest BCUT2D eigenvalue weighted by Gasteiger charge is -2.22. The molecule has 2 aromatic rings. The molecule has 0 aliphatic heterocycles. The smallest absolute Gasteiger partial charge is 0.193 e. The Hall–Kier alpha value is -2.69. The third-order valence-corrected chi connectivity index (χ3v) is 3.74. The minimum absolute atomic E-state index is 0.406. The number of nitrogens with one attached hydrogen (secondary N) is 1. The first-order chi connectivity index (χ1) is 11.6. The number of aliphatic imine (C=N–C) groups is 1. The fraction of sp³-hybridized carbons (Fsp3) is 0.316. The summed E-state index contributed by atoms with van der Waals surface area (Å²) in [5, 5.41) is 3.09. The summed E-state index contributed by atoms with van der Waals surface area (Å²) in [4.78, 5) is 6.70. The molecule has 5 nitrogen and oxygen atoms in total. The van der Waals surface area contributed by atoms with Crippen molar-refractivity contribution in [2.45, 2.75) is 13.8 Å². The highest BCUT2D eigenvalue weighted by molar-refractivity contribution is 5.92. The molecular formula is C19H26N4O. The molecule has 0 aromatic heterocycles. The number of rotatable bonds is 7. The Morgan fingerprint density at radius 1 is 1.21 bits per heavy atom. The van der Waals surface area contributed by atoms with E-state index in [4.69, 9.17) is 10.5 Å². The average Bonchev–Trinajstić information content (AvgIpc) is 2.59. The Morgan fingerprint density at radius 2 is 2.00 bits per heavy atom. The van der Waals surface area contributed by atoms with Gasteiger partial charge < -0.3 is 20.7 Å². The number of hydrogen-bond donors (Lipinski definition) is 2. The summed E-state index contributed by atoms with van der Waals surface area (Å²) in [5.74, 6) is 1.19. The number of methoxy groups -OCH3 is 1. The van der Waals surface area contributed by atoms with Gasteiger partial charge in [-0.15, -0.1) is 0 Å². The van der Waals surface area contributed by atoms with Crippen LogP contribution in [-0.4, -0.2) is 32.7 Å². The molecule has 2 rings (SSSR count). The van der Waals surface area contributed by atoms with Gasteiger partial charge in [-0.2, -0.15) is 0 Å². The summed E-state index contributed by atoms with van der Waals surface area (Å²) < 4.78 is 5.19. The van der Waals surface area contributed by atoms with Gasteiger partial charge in [-0.3, -0.25) is 4.99 Å². The molecule has 0 bridgehead atoms. The van der Waals surface area contributed by atoms with Crippen LogP contribution in [-0.2, 0) is 0 Å². The van der Waals surface area contributed by atoms with Crippen molar-refractivity contribution in [2.24, 2.45) is 10.7 Å². The first-order valence-electron chi connectivity index (χ1n) is 8.15. The molecule has 128 valence electrons. The van der Waals surface area contributed by atoms with E-state index >= 15 is 0 Å². The molecule has 3 N–H and O–H groups in total. The standard InChI is InChI=1S/C19H26N4O/c1-4-23(17-9-5-7-15(2)13-17)12-11-21-19(20)22-16-8-6-10-18(14-16)24-3/h5-10,13-14H,4,11-12H2,1-3H3,(H3,20,21,22). The number of likely N-dealkylation sites (N-methyl/N-ethyl adjacent to an activating group) is 1. The van der Waals surface area contributed by atoms with Crippen LogP contribution < -0.4 is 20.7 Å². The third kappa shape index (κ3) is 5.19. The van der Waals surface area contributed by atoms with E-state index in [2.05, 4.69) is 53.3 Å². The number of guanidine groups is 1. The van der Waals surface area contributed by atoms with Crippen LogP contribution in [0.5, 0.6) is 5.75 Å². The van der Waals surface area contributed by atoms with Crippen molar-refractivity contribution in [1.82, 2.24) is 0 Å². The second-order valence-corrected chi connectivity index (χ2v) is 5.54. The number of benzene rings is 2. The summed E-state index contributed by atoms with van der Waals surface area (Å²) in [7, 11) is 1.64. The maximum atomic E-state index is 5.97. The van der Waals surface area contributed by atoms with E-state index in [9.17, 15) is 0 Å². The molecule has 0 amide bonds. The van der Waals surface area contributed by atoms with Crippen LogP contribution in [0.1, 0.15) is 12.5 Å². The molecular weight excluding hydrogens is 300 g/mol. The van der Waals surface area contributed by atoms with Crippen LogP contribution in [0.2, 0.25) is 0 Å². The Balaban J connectivity index is 1.91. The summed E-state index contributed by atoms with van der Waals surface area (Å²) in [5.41, 5.74) is 9.30. The number of aryl methyl sites for hydroxylation is 1. The average molecular weight is 326 g/mol. The maximum absolute atomic E-state index is 5.97. The van der Waals surface area contributed by atoms with Gasteiger partial charge in [0, 0.05) is 30.5 Å². The monoisotopic (exact) mass is 326 g/mol. The molecule has 24 heavy (non-hydrogen) atoms. The van der Waals surface area contributed by atoms with E-state index in [1.165, 1.54) is 11.3 Å². The van der Waals surface area contributed by atoms with Crippen molar-refractivity contribution in [3.05, 3.63) is 54.1 Å². The van der Waals surface area contributed by atoms with Crippen LogP contribution in [0.25, 0.3) is 0 Å². The number of anilines is 2. The van der Waals surface area contributed by atoms with Crippen LogP contribution >= 0.6 is 0 Å². The highest BCUT2D eigenvalue weighted by Crippen LogP contribution is 2.17. The van der Waals surface area contributed by atoms with Gasteiger partial charge in [-0.1, -0.05) is 18.2 Å². The van der Waals surface area contributed by atoms with Crippen LogP contribution in [0.3, 0.4) is 0 Å². The molecule has 0 fully saturated rings. The van der Waals surface area contributed by atoms with E-state index in [1.807, 2.05) is 24.3 Å². The van der Waals surface area contributed by atoms with Crippen LogP contribution in [0.4, 0.5) is 11.4 Å². The number of ether oxygens (including phenoxy) is 1. The lowest BCUT2D eigenvalue weighted by atomic mass is 10.2. The number of hydrogen-bond acceptors (Lipinski definition) is 3. The van der Waals surface area contributed by atoms with Crippen LogP contribution in [0, 0.1) is 6.92 Å². The largest absolute Gasteiger partial charge is 0.497 e. The van der Waals surface area contributed by atoms with Gasteiger partial charge in [-0.05, 0) is 43.7 Å². The van der Waals surface area contributed by atoms with E-state index in [0.717, 1.165) is 24.5 Å². The highest BCUT2D eigenvalue weighted by atomic mass is 16.5. The minimum Gasteiger partial charge on any atom is -0.497 e. The lowest BCUT2D eigenvalue weighted by molar-refractivity contribution is 0.415. The Kier molecular flexibility index (Phi) is 6.49. The summed E-state index contributed by atoms with van der Waals surface area (Å²) >= 11 is 0. The molecule has 2 aromatic carbocycles. The number of nitrogens with zero attached hydrogens (tertiary/aromatic N) is 2. The van der Waals surface area contributed by atoms with Crippen molar-refractivity contribution in [3.63, 3.8) is 0 Å². The Bertz CT molecular complexity index is 685. The zero-order valence-corrected chi connectivity index (χ0v) is 14.6. The Morgan fingerprint density at radius 3 is 2.71 bits per heavy atom. The van der Waals surface area contributed by atoms with Gasteiger partial charge in [0.1, 0.15) is 5.75 Å². The zero-order valence-electron chi connectivity index (χ0n) is 14.6. The summed E-state index contributed by atoms with van der Waals surface area (Å²) in [6.07, 6.45) is 0. The fourth-order valence-corrected chi connectivity index (χ4v) is 2.47. The van der Waals surface area contributed by atoms with Gasteiger partial charge in [0.2, 0.25) is 0 Å². The van der Waals surface area contributed by atoms with Gasteiger partial charge >= 0.3 is 0 Å². The second-order valence-electron chi connectivity index (χ2n) is 5.54. The molecule has 0 aliphatic rings. The molecule has 0 heterocycles. The van der Waals surface area contributed by atoms with E-state index in [0.29, 0.717) is 12.5 Å². The van der Waals surface area contributed by atoms with Crippen LogP contribution in [0.15, 0.2) is 53.5 Å². The topological polar surface area (TPSA) is 62.9 Å². The van der Waals surface area contributed by atoms with E-state index in [-0.39, 0.29) is 0 Å². The van der Waals surface area contributed by atoms with Gasteiger partial charge in [0.15, 0.2) is 5.96 Å². The second kappa shape index (κ2) is 8.82. The Labute approximate surface area is 144 Å². The van der Waals surface area contributed by atoms with Crippen molar-refractivity contribution in [3.8, 4) is 5.75 Å². The van der Waals surface area contributed by atoms with Crippen molar-refractivity contribution < 1.29 is 4.74 Å². The highest BCUT2D eigenvalue weighted by Gasteiger charge is 2.04. The van der Waals surface area contributed by atoms with E-state index in [1.54, 1.807) is 7.11 Å². The first-order valence-corrected chi connectivity index (χ1v) is 8.15. The molecule has 0 aliphatic carbocycles. The maximum Gasteiger partial charge on any atom is 0.193 e. The van der Waals surface area contributed by atoms with Crippen molar-refractivity contribution in [1.29, 1.82) is 0 Å². The summed E-state index contributed by atoms with van der Waals surface area (Å²) in [6, 6.07) is 16.1. The van der Waals surface area contributed by atoms with Gasteiger partial charge in [0.05, 0.1) is 13.7 Å². The SMILES string of the molecule is CCN(CCN=C(N)Nc1cccc(OC)c1)c1cccc(C)c1. The molecule has 0 saturated heterocycles. The zero-order chi connectivity index (χ0) is 17.4. The minimum atomic E-state index is 0.406. The summed E-state index contributed by atoms with van der Waals surface area (Å²) in [6.45, 7) is 6.63. The molecule has 0 atom stereocenters. The predicted molar refractivity (Wildman–Crippen MR) is 102 cm³/mol. The quantitative estimate of drug-likeness (QED) is 0.605. The lowest BCUT2D eigenvalue weighted by Crippen LogP contribution is -2.28. The molecule has 0 saturated carbocycles. The van der Waals surface area contributed by atoms with Gasteiger partial charge in [0.25, 0.3) is 0 Å². The first kappa shape index (κ1) is 17.7. The number of nitrogens with two attached hydrogens (primary N) is 1. The van der Waals surface area contributed by atoms with Crippen molar-refractivity contribution >= 4 is 17.3 Å². The molecule has 0 unspecified atom stereocenters. The third-order valence-electron chi connectivity index (χ3n) is 3.74. The van der Waals surface area contributed by atoms with E-state index < -0.39 is 0 Å². The predicted octanol–water partition coefficient (Wildman–Crippen LogP) is 3.26. The molecule has 0 spiro atoms.